The molecule has 0 aliphatic carbocycles. The fourth-order valence-corrected chi connectivity index (χ4v) is 3.19. The lowest BCUT2D eigenvalue weighted by Gasteiger charge is -2.35. The molecule has 0 N–H and O–H groups in total. The Morgan fingerprint density at radius 2 is 1.88 bits per heavy atom. The quantitative estimate of drug-likeness (QED) is 0.480. The lowest BCUT2D eigenvalue weighted by atomic mass is 9.93. The van der Waals surface area contributed by atoms with E-state index >= 15 is 0 Å². The van der Waals surface area contributed by atoms with E-state index in [1.807, 2.05) is 24.3 Å². The number of carbonyl (C=O) groups excluding carboxylic acids is 2. The molecule has 1 amide bonds. The summed E-state index contributed by atoms with van der Waals surface area (Å²) in [6.07, 6.45) is 0.350. The molecule has 134 valence electrons. The highest BCUT2D eigenvalue weighted by atomic mass is 16.6. The fraction of sp³-hybridized carbons (Fsp3) is 0.263. The van der Waals surface area contributed by atoms with Gasteiger partial charge < -0.3 is 9.64 Å². The van der Waals surface area contributed by atoms with Crippen LogP contribution in [0.4, 0.5) is 5.69 Å². The van der Waals surface area contributed by atoms with Gasteiger partial charge in [-0.3, -0.25) is 14.9 Å². The number of nitrogens with zero attached hydrogens (tertiary/aromatic N) is 2. The number of carbonyl (C=O) groups is 2. The maximum atomic E-state index is 13.0. The second kappa shape index (κ2) is 6.95. The number of hydrogen-bond acceptors (Lipinski definition) is 5. The van der Waals surface area contributed by atoms with Crippen molar-refractivity contribution >= 4 is 17.6 Å². The van der Waals surface area contributed by atoms with Gasteiger partial charge in [0.15, 0.2) is 0 Å². The summed E-state index contributed by atoms with van der Waals surface area (Å²) in [4.78, 5) is 37.3. The van der Waals surface area contributed by atoms with E-state index in [1.165, 1.54) is 24.1 Å². The third kappa shape index (κ3) is 3.15. The maximum Gasteiger partial charge on any atom is 0.328 e. The van der Waals surface area contributed by atoms with Gasteiger partial charge in [-0.2, -0.15) is 0 Å². The van der Waals surface area contributed by atoms with Gasteiger partial charge >= 0.3 is 5.97 Å². The van der Waals surface area contributed by atoms with Crippen molar-refractivity contribution in [3.8, 4) is 0 Å². The molecule has 0 saturated heterocycles. The van der Waals surface area contributed by atoms with Gasteiger partial charge in [-0.1, -0.05) is 30.3 Å². The summed E-state index contributed by atoms with van der Waals surface area (Å²) < 4.78 is 4.86. The number of aryl methyl sites for hydroxylation is 1. The van der Waals surface area contributed by atoms with Gasteiger partial charge in [0, 0.05) is 30.2 Å². The van der Waals surface area contributed by atoms with Crippen molar-refractivity contribution in [2.24, 2.45) is 0 Å². The molecular weight excluding hydrogens is 336 g/mol. The Kier molecular flexibility index (Phi) is 4.71. The molecule has 0 fully saturated rings. The van der Waals surface area contributed by atoms with Crippen LogP contribution < -0.4 is 0 Å². The molecule has 0 radical (unpaired) electrons. The van der Waals surface area contributed by atoms with Gasteiger partial charge in [0.1, 0.15) is 6.04 Å². The first kappa shape index (κ1) is 17.6. The molecule has 2 aromatic rings. The van der Waals surface area contributed by atoms with Crippen LogP contribution in [0.3, 0.4) is 0 Å². The maximum absolute atomic E-state index is 13.0. The Hall–Kier alpha value is -3.22. The van der Waals surface area contributed by atoms with Crippen LogP contribution in [0.5, 0.6) is 0 Å². The van der Waals surface area contributed by atoms with Crippen molar-refractivity contribution in [1.29, 1.82) is 0 Å². The molecule has 1 aliphatic rings. The number of esters is 1. The summed E-state index contributed by atoms with van der Waals surface area (Å²) in [5.74, 6) is -0.938. The van der Waals surface area contributed by atoms with E-state index < -0.39 is 22.8 Å². The molecule has 26 heavy (non-hydrogen) atoms. The number of rotatable bonds is 3. The number of nitro benzene ring substituents is 1. The molecule has 1 atom stereocenters. The topological polar surface area (TPSA) is 89.8 Å². The highest BCUT2D eigenvalue weighted by molar-refractivity contribution is 5.97. The zero-order valence-electron chi connectivity index (χ0n) is 14.5. The second-order valence-corrected chi connectivity index (χ2v) is 6.20. The monoisotopic (exact) mass is 354 g/mol. The van der Waals surface area contributed by atoms with E-state index in [-0.39, 0.29) is 17.8 Å². The van der Waals surface area contributed by atoms with Crippen LogP contribution in [0.15, 0.2) is 42.5 Å². The molecule has 1 aliphatic heterocycles. The number of methoxy groups -OCH3 is 1. The largest absolute Gasteiger partial charge is 0.467 e. The van der Waals surface area contributed by atoms with E-state index in [2.05, 4.69) is 0 Å². The van der Waals surface area contributed by atoms with Crippen molar-refractivity contribution in [3.05, 3.63) is 74.8 Å². The minimum absolute atomic E-state index is 0.122. The van der Waals surface area contributed by atoms with E-state index in [9.17, 15) is 19.7 Å². The summed E-state index contributed by atoms with van der Waals surface area (Å²) in [5, 5.41) is 11.2. The molecule has 3 rings (SSSR count). The number of fused-ring (bicyclic) bond motifs is 1. The molecule has 0 spiro atoms. The van der Waals surface area contributed by atoms with E-state index in [4.69, 9.17) is 4.74 Å². The minimum atomic E-state index is -0.761. The number of benzene rings is 2. The minimum Gasteiger partial charge on any atom is -0.467 e. The molecule has 2 aromatic carbocycles. The number of hydrogen-bond donors (Lipinski definition) is 0. The standard InChI is InChI=1S/C19H18N2O5/c1-12-7-8-14(10-16(12)21(24)25)18(22)20-11-15-6-4-3-5-13(15)9-17(20)19(23)26-2/h3-8,10,17H,9,11H2,1-2H3/t17-/m1/s1. The van der Waals surface area contributed by atoms with Gasteiger partial charge in [-0.15, -0.1) is 0 Å². The number of nitro groups is 1. The third-order valence-corrected chi connectivity index (χ3v) is 4.64. The first-order valence-corrected chi connectivity index (χ1v) is 8.13. The second-order valence-electron chi connectivity index (χ2n) is 6.20. The van der Waals surface area contributed by atoms with Crippen LogP contribution in [-0.4, -0.2) is 34.9 Å². The van der Waals surface area contributed by atoms with E-state index in [0.717, 1.165) is 11.1 Å². The Morgan fingerprint density at radius 3 is 2.54 bits per heavy atom. The summed E-state index contributed by atoms with van der Waals surface area (Å²) in [6, 6.07) is 11.2. The van der Waals surface area contributed by atoms with Crippen molar-refractivity contribution in [3.63, 3.8) is 0 Å². The molecule has 0 aromatic heterocycles. The van der Waals surface area contributed by atoms with Crippen LogP contribution in [0.2, 0.25) is 0 Å². The van der Waals surface area contributed by atoms with Crippen LogP contribution in [0.25, 0.3) is 0 Å². The molecular formula is C19H18N2O5. The van der Waals surface area contributed by atoms with Crippen LogP contribution in [0, 0.1) is 17.0 Å². The lowest BCUT2D eigenvalue weighted by molar-refractivity contribution is -0.385. The van der Waals surface area contributed by atoms with Gasteiger partial charge in [-0.25, -0.2) is 4.79 Å². The zero-order valence-corrected chi connectivity index (χ0v) is 14.5. The number of ether oxygens (including phenoxy) is 1. The predicted molar refractivity (Wildman–Crippen MR) is 93.7 cm³/mol. The van der Waals surface area contributed by atoms with E-state index in [0.29, 0.717) is 12.0 Å². The van der Waals surface area contributed by atoms with Crippen molar-refractivity contribution < 1.29 is 19.2 Å². The molecule has 0 bridgehead atoms. The molecule has 0 saturated carbocycles. The van der Waals surface area contributed by atoms with Crippen molar-refractivity contribution in [2.75, 3.05) is 7.11 Å². The Balaban J connectivity index is 2.00. The fourth-order valence-electron chi connectivity index (χ4n) is 3.19. The molecule has 1 heterocycles. The SMILES string of the molecule is COC(=O)[C@H]1Cc2ccccc2CN1C(=O)c1ccc(C)c([N+](=O)[O-])c1. The summed E-state index contributed by atoms with van der Waals surface area (Å²) >= 11 is 0. The van der Waals surface area contributed by atoms with Crippen LogP contribution >= 0.6 is 0 Å². The first-order valence-electron chi connectivity index (χ1n) is 8.13. The smallest absolute Gasteiger partial charge is 0.328 e. The van der Waals surface area contributed by atoms with Crippen molar-refractivity contribution in [2.45, 2.75) is 25.9 Å². The zero-order chi connectivity index (χ0) is 18.8. The Morgan fingerprint density at radius 1 is 1.19 bits per heavy atom. The summed E-state index contributed by atoms with van der Waals surface area (Å²) in [5.41, 5.74) is 2.46. The summed E-state index contributed by atoms with van der Waals surface area (Å²) in [7, 11) is 1.28. The average molecular weight is 354 g/mol. The first-order chi connectivity index (χ1) is 12.4. The summed E-state index contributed by atoms with van der Waals surface area (Å²) in [6.45, 7) is 1.86. The van der Waals surface area contributed by atoms with Crippen LogP contribution in [-0.2, 0) is 22.5 Å². The van der Waals surface area contributed by atoms with Gasteiger partial charge in [0.25, 0.3) is 11.6 Å². The highest BCUT2D eigenvalue weighted by Crippen LogP contribution is 2.27. The third-order valence-electron chi connectivity index (χ3n) is 4.64. The Bertz CT molecular complexity index is 893. The number of amides is 1. The van der Waals surface area contributed by atoms with E-state index in [1.54, 1.807) is 13.0 Å². The predicted octanol–water partition coefficient (Wildman–Crippen LogP) is 2.64. The van der Waals surface area contributed by atoms with Crippen LogP contribution in [0.1, 0.15) is 27.0 Å². The normalized spacial score (nSPS) is 15.9. The lowest BCUT2D eigenvalue weighted by Crippen LogP contribution is -2.49. The molecule has 7 heteroatoms. The van der Waals surface area contributed by atoms with Gasteiger partial charge in [0.2, 0.25) is 0 Å². The average Bonchev–Trinajstić information content (AvgIpc) is 2.65. The highest BCUT2D eigenvalue weighted by Gasteiger charge is 2.36. The molecule has 0 unspecified atom stereocenters. The van der Waals surface area contributed by atoms with Crippen molar-refractivity contribution in [1.82, 2.24) is 4.90 Å². The Labute approximate surface area is 150 Å². The van der Waals surface area contributed by atoms with Gasteiger partial charge in [-0.05, 0) is 24.1 Å². The molecule has 7 nitrogen and oxygen atoms in total. The van der Waals surface area contributed by atoms with Gasteiger partial charge in [0.05, 0.1) is 12.0 Å².